The van der Waals surface area contributed by atoms with Crippen molar-refractivity contribution in [2.75, 3.05) is 26.7 Å². The summed E-state index contributed by atoms with van der Waals surface area (Å²) >= 11 is 0. The highest BCUT2D eigenvalue weighted by Gasteiger charge is 2.32. The van der Waals surface area contributed by atoms with Crippen molar-refractivity contribution < 1.29 is 4.79 Å². The molecule has 0 aromatic rings. The van der Waals surface area contributed by atoms with Crippen molar-refractivity contribution in [3.63, 3.8) is 0 Å². The number of carbonyl (C=O) groups excluding carboxylic acids is 1. The van der Waals surface area contributed by atoms with Crippen LogP contribution in [0, 0.1) is 0 Å². The van der Waals surface area contributed by atoms with Crippen LogP contribution in [0.1, 0.15) is 32.6 Å². The Morgan fingerprint density at radius 2 is 2.25 bits per heavy atom. The van der Waals surface area contributed by atoms with Crippen LogP contribution in [0.4, 0.5) is 4.79 Å². The summed E-state index contributed by atoms with van der Waals surface area (Å²) in [5, 5.41) is 3.14. The van der Waals surface area contributed by atoms with Gasteiger partial charge in [0.25, 0.3) is 0 Å². The molecule has 2 unspecified atom stereocenters. The summed E-state index contributed by atoms with van der Waals surface area (Å²) in [6, 6.07) is 1.20. The van der Waals surface area contributed by atoms with E-state index in [1.807, 2.05) is 14.0 Å². The molecule has 4 nitrogen and oxygen atoms in total. The van der Waals surface area contributed by atoms with E-state index in [1.165, 1.54) is 19.4 Å². The summed E-state index contributed by atoms with van der Waals surface area (Å²) in [6.07, 6.45) is 4.90. The highest BCUT2D eigenvalue weighted by atomic mass is 16.2. The third-order valence-electron chi connectivity index (χ3n) is 3.97. The predicted molar refractivity (Wildman–Crippen MR) is 64.5 cm³/mol. The normalized spacial score (nSPS) is 29.9. The Hall–Kier alpha value is -0.770. The number of hydrogen-bond donors (Lipinski definition) is 1. The van der Waals surface area contributed by atoms with E-state index in [0.29, 0.717) is 6.04 Å². The fourth-order valence-electron chi connectivity index (χ4n) is 2.78. The summed E-state index contributed by atoms with van der Waals surface area (Å²) in [5.41, 5.74) is 0. The van der Waals surface area contributed by atoms with Crippen LogP contribution in [0.5, 0.6) is 0 Å². The standard InChI is InChI=1S/C12H23N3O/c1-3-14(2)12(16)13-10-6-8-15-7-4-5-11(15)9-10/h10-11H,3-9H2,1-2H3,(H,13,16). The van der Waals surface area contributed by atoms with Crippen LogP contribution in [0.15, 0.2) is 0 Å². The summed E-state index contributed by atoms with van der Waals surface area (Å²) in [4.78, 5) is 16.0. The molecule has 0 aromatic heterocycles. The lowest BCUT2D eigenvalue weighted by molar-refractivity contribution is 0.159. The molecular formula is C12H23N3O. The number of rotatable bonds is 2. The molecule has 0 saturated carbocycles. The van der Waals surface area contributed by atoms with Crippen molar-refractivity contribution in [3.05, 3.63) is 0 Å². The van der Waals surface area contributed by atoms with Gasteiger partial charge in [-0.15, -0.1) is 0 Å². The lowest BCUT2D eigenvalue weighted by Gasteiger charge is -2.35. The minimum Gasteiger partial charge on any atom is -0.335 e. The number of nitrogens with one attached hydrogen (secondary N) is 1. The number of piperidine rings is 1. The molecule has 2 fully saturated rings. The van der Waals surface area contributed by atoms with Crippen LogP contribution in [0.25, 0.3) is 0 Å². The van der Waals surface area contributed by atoms with Crippen molar-refractivity contribution in [2.45, 2.75) is 44.7 Å². The molecule has 2 saturated heterocycles. The van der Waals surface area contributed by atoms with Gasteiger partial charge in [-0.3, -0.25) is 0 Å². The first-order valence-electron chi connectivity index (χ1n) is 6.46. The summed E-state index contributed by atoms with van der Waals surface area (Å²) in [5.74, 6) is 0. The van der Waals surface area contributed by atoms with Gasteiger partial charge in [-0.1, -0.05) is 0 Å². The van der Waals surface area contributed by atoms with Crippen LogP contribution in [-0.2, 0) is 0 Å². The molecular weight excluding hydrogens is 202 g/mol. The Morgan fingerprint density at radius 1 is 1.44 bits per heavy atom. The van der Waals surface area contributed by atoms with Gasteiger partial charge in [-0.25, -0.2) is 4.79 Å². The lowest BCUT2D eigenvalue weighted by Crippen LogP contribution is -2.50. The van der Waals surface area contributed by atoms with E-state index in [-0.39, 0.29) is 6.03 Å². The summed E-state index contributed by atoms with van der Waals surface area (Å²) in [7, 11) is 1.85. The quantitative estimate of drug-likeness (QED) is 0.768. The van der Waals surface area contributed by atoms with E-state index in [0.717, 1.165) is 32.0 Å². The number of nitrogens with zero attached hydrogens (tertiary/aromatic N) is 2. The highest BCUT2D eigenvalue weighted by Crippen LogP contribution is 2.26. The number of urea groups is 1. The van der Waals surface area contributed by atoms with Gasteiger partial charge in [-0.05, 0) is 39.2 Å². The third kappa shape index (κ3) is 2.48. The van der Waals surface area contributed by atoms with Gasteiger partial charge in [0.1, 0.15) is 0 Å². The molecule has 0 bridgehead atoms. The molecule has 2 atom stereocenters. The molecule has 4 heteroatoms. The molecule has 2 heterocycles. The highest BCUT2D eigenvalue weighted by molar-refractivity contribution is 5.74. The molecule has 0 aliphatic carbocycles. The Morgan fingerprint density at radius 3 is 3.00 bits per heavy atom. The molecule has 2 amide bonds. The van der Waals surface area contributed by atoms with Crippen LogP contribution in [0.2, 0.25) is 0 Å². The molecule has 92 valence electrons. The molecule has 2 aliphatic heterocycles. The Kier molecular flexibility index (Phi) is 3.69. The van der Waals surface area contributed by atoms with Gasteiger partial charge in [0.05, 0.1) is 0 Å². The van der Waals surface area contributed by atoms with Crippen molar-refractivity contribution in [1.29, 1.82) is 0 Å². The zero-order valence-electron chi connectivity index (χ0n) is 10.4. The lowest BCUT2D eigenvalue weighted by atomic mass is 9.98. The van der Waals surface area contributed by atoms with Gasteiger partial charge in [0.2, 0.25) is 0 Å². The first kappa shape index (κ1) is 11.7. The largest absolute Gasteiger partial charge is 0.335 e. The molecule has 0 aromatic carbocycles. The van der Waals surface area contributed by atoms with Crippen LogP contribution >= 0.6 is 0 Å². The Bertz CT molecular complexity index is 257. The van der Waals surface area contributed by atoms with E-state index < -0.39 is 0 Å². The number of fused-ring (bicyclic) bond motifs is 1. The second kappa shape index (κ2) is 5.04. The van der Waals surface area contributed by atoms with Gasteiger partial charge in [0.15, 0.2) is 0 Å². The maximum Gasteiger partial charge on any atom is 0.317 e. The fourth-order valence-corrected chi connectivity index (χ4v) is 2.78. The minimum atomic E-state index is 0.0824. The van der Waals surface area contributed by atoms with Crippen molar-refractivity contribution in [3.8, 4) is 0 Å². The number of amides is 2. The molecule has 0 spiro atoms. The monoisotopic (exact) mass is 225 g/mol. The average molecular weight is 225 g/mol. The fraction of sp³-hybridized carbons (Fsp3) is 0.917. The zero-order valence-corrected chi connectivity index (χ0v) is 10.4. The van der Waals surface area contributed by atoms with Gasteiger partial charge in [-0.2, -0.15) is 0 Å². The predicted octanol–water partition coefficient (Wildman–Crippen LogP) is 1.27. The second-order valence-electron chi connectivity index (χ2n) is 5.02. The average Bonchev–Trinajstić information content (AvgIpc) is 2.75. The van der Waals surface area contributed by atoms with Crippen LogP contribution < -0.4 is 5.32 Å². The SMILES string of the molecule is CCN(C)C(=O)NC1CCN2CCCC2C1. The molecule has 16 heavy (non-hydrogen) atoms. The molecule has 0 radical (unpaired) electrons. The second-order valence-corrected chi connectivity index (χ2v) is 5.02. The topological polar surface area (TPSA) is 35.6 Å². The van der Waals surface area contributed by atoms with E-state index >= 15 is 0 Å². The number of hydrogen-bond acceptors (Lipinski definition) is 2. The smallest absolute Gasteiger partial charge is 0.317 e. The van der Waals surface area contributed by atoms with E-state index in [1.54, 1.807) is 4.90 Å². The van der Waals surface area contributed by atoms with Crippen molar-refractivity contribution >= 4 is 6.03 Å². The van der Waals surface area contributed by atoms with Crippen LogP contribution in [0.3, 0.4) is 0 Å². The van der Waals surface area contributed by atoms with E-state index in [2.05, 4.69) is 10.2 Å². The van der Waals surface area contributed by atoms with Crippen molar-refractivity contribution in [2.24, 2.45) is 0 Å². The third-order valence-corrected chi connectivity index (χ3v) is 3.97. The molecule has 1 N–H and O–H groups in total. The zero-order chi connectivity index (χ0) is 11.5. The Labute approximate surface area is 98.0 Å². The van der Waals surface area contributed by atoms with Crippen molar-refractivity contribution in [1.82, 2.24) is 15.1 Å². The first-order valence-corrected chi connectivity index (χ1v) is 6.46. The maximum atomic E-state index is 11.7. The van der Waals surface area contributed by atoms with Gasteiger partial charge < -0.3 is 15.1 Å². The van der Waals surface area contributed by atoms with E-state index in [9.17, 15) is 4.79 Å². The van der Waals surface area contributed by atoms with Crippen LogP contribution in [-0.4, -0.2) is 54.6 Å². The molecule has 2 aliphatic rings. The van der Waals surface area contributed by atoms with E-state index in [4.69, 9.17) is 0 Å². The first-order chi connectivity index (χ1) is 7.70. The minimum absolute atomic E-state index is 0.0824. The molecule has 2 rings (SSSR count). The Balaban J connectivity index is 1.81. The maximum absolute atomic E-state index is 11.7. The summed E-state index contributed by atoms with van der Waals surface area (Å²) in [6.45, 7) is 5.19. The number of carbonyl (C=O) groups is 1. The van der Waals surface area contributed by atoms with Gasteiger partial charge >= 0.3 is 6.03 Å². The summed E-state index contributed by atoms with van der Waals surface area (Å²) < 4.78 is 0. The van der Waals surface area contributed by atoms with Gasteiger partial charge in [0, 0.05) is 32.2 Å².